The predicted molar refractivity (Wildman–Crippen MR) is 125 cm³/mol. The summed E-state index contributed by atoms with van der Waals surface area (Å²) >= 11 is 6.58. The summed E-state index contributed by atoms with van der Waals surface area (Å²) < 4.78 is 11.3. The van der Waals surface area contributed by atoms with Gasteiger partial charge in [-0.2, -0.15) is 0 Å². The monoisotopic (exact) mass is 457 g/mol. The molecule has 2 aliphatic carbocycles. The van der Waals surface area contributed by atoms with Gasteiger partial charge in [0.2, 0.25) is 0 Å². The van der Waals surface area contributed by atoms with Crippen LogP contribution in [0.3, 0.4) is 0 Å². The zero-order valence-electron chi connectivity index (χ0n) is 19.8. The fourth-order valence-electron chi connectivity index (χ4n) is 5.44. The van der Waals surface area contributed by atoms with Crippen LogP contribution >= 0.6 is 11.6 Å². The predicted octanol–water partition coefficient (Wildman–Crippen LogP) is 5.72. The first kappa shape index (κ1) is 22.9. The maximum absolute atomic E-state index is 13.4. The van der Waals surface area contributed by atoms with Gasteiger partial charge in [0.15, 0.2) is 23.1 Å². The molecule has 0 spiro atoms. The first-order valence-electron chi connectivity index (χ1n) is 11.3. The molecule has 32 heavy (non-hydrogen) atoms. The highest BCUT2D eigenvalue weighted by molar-refractivity contribution is 6.32. The normalized spacial score (nSPS) is 22.3. The van der Waals surface area contributed by atoms with Crippen LogP contribution in [-0.2, 0) is 9.59 Å². The Morgan fingerprint density at radius 1 is 0.969 bits per heavy atom. The Bertz CT molecular complexity index is 1010. The lowest BCUT2D eigenvalue weighted by Gasteiger charge is -2.44. The Hall–Kier alpha value is -2.27. The Kier molecular flexibility index (Phi) is 5.69. The van der Waals surface area contributed by atoms with Gasteiger partial charge in [0.05, 0.1) is 18.7 Å². The van der Waals surface area contributed by atoms with E-state index in [4.69, 9.17) is 21.1 Å². The summed E-state index contributed by atoms with van der Waals surface area (Å²) in [6.45, 7) is 10.8. The molecule has 0 unspecified atom stereocenters. The van der Waals surface area contributed by atoms with Crippen molar-refractivity contribution in [3.8, 4) is 11.5 Å². The molecule has 3 aliphatic rings. The third-order valence-corrected chi connectivity index (χ3v) is 6.87. The molecule has 0 saturated carbocycles. The molecule has 172 valence electrons. The highest BCUT2D eigenvalue weighted by atomic mass is 35.5. The van der Waals surface area contributed by atoms with Crippen LogP contribution in [-0.4, -0.2) is 25.3 Å². The van der Waals surface area contributed by atoms with E-state index in [0.717, 1.165) is 29.8 Å². The summed E-state index contributed by atoms with van der Waals surface area (Å²) in [6.07, 6.45) is 2.43. The van der Waals surface area contributed by atoms with Gasteiger partial charge >= 0.3 is 0 Å². The molecular weight excluding hydrogens is 426 g/mol. The van der Waals surface area contributed by atoms with Crippen molar-refractivity contribution in [3.05, 3.63) is 45.3 Å². The molecule has 0 saturated heterocycles. The van der Waals surface area contributed by atoms with Crippen molar-refractivity contribution in [1.82, 2.24) is 5.32 Å². The summed E-state index contributed by atoms with van der Waals surface area (Å²) in [5.74, 6) is 0.705. The number of Topliss-reactive ketones (excluding diaryl/α,β-unsaturated/α-hetero) is 2. The number of carbonyl (C=O) groups excluding carboxylic acids is 2. The fraction of sp³-hybridized carbons (Fsp3) is 0.538. The highest BCUT2D eigenvalue weighted by Gasteiger charge is 2.46. The van der Waals surface area contributed by atoms with Gasteiger partial charge in [-0.3, -0.25) is 9.59 Å². The molecule has 0 fully saturated rings. The van der Waals surface area contributed by atoms with Crippen molar-refractivity contribution in [3.63, 3.8) is 0 Å². The summed E-state index contributed by atoms with van der Waals surface area (Å²) in [5.41, 5.74) is 3.79. The Labute approximate surface area is 195 Å². The van der Waals surface area contributed by atoms with Gasteiger partial charge in [0.1, 0.15) is 0 Å². The van der Waals surface area contributed by atoms with E-state index in [9.17, 15) is 9.59 Å². The molecule has 5 nitrogen and oxygen atoms in total. The number of halogens is 1. The van der Waals surface area contributed by atoms with Crippen molar-refractivity contribution in [2.45, 2.75) is 66.2 Å². The van der Waals surface area contributed by atoms with Crippen molar-refractivity contribution in [1.29, 1.82) is 0 Å². The van der Waals surface area contributed by atoms with Crippen molar-refractivity contribution < 1.29 is 19.1 Å². The van der Waals surface area contributed by atoms with Gasteiger partial charge in [0, 0.05) is 41.3 Å². The van der Waals surface area contributed by atoms with Crippen LogP contribution in [0.2, 0.25) is 5.02 Å². The fourth-order valence-corrected chi connectivity index (χ4v) is 5.73. The number of methoxy groups -OCH3 is 1. The van der Waals surface area contributed by atoms with E-state index in [2.05, 4.69) is 33.0 Å². The Morgan fingerprint density at radius 3 is 1.97 bits per heavy atom. The molecule has 1 aliphatic heterocycles. The van der Waals surface area contributed by atoms with E-state index in [0.29, 0.717) is 47.1 Å². The third-order valence-electron chi connectivity index (χ3n) is 6.59. The number of ether oxygens (including phenoxy) is 2. The number of benzene rings is 1. The maximum atomic E-state index is 13.4. The molecule has 1 aromatic carbocycles. The maximum Gasteiger partial charge on any atom is 0.179 e. The van der Waals surface area contributed by atoms with Gasteiger partial charge in [-0.05, 0) is 48.3 Å². The lowest BCUT2D eigenvalue weighted by atomic mass is 9.64. The first-order valence-corrected chi connectivity index (χ1v) is 11.6. The minimum atomic E-state index is -0.448. The second-order valence-corrected chi connectivity index (χ2v) is 11.1. The largest absolute Gasteiger partial charge is 0.491 e. The molecule has 6 heteroatoms. The van der Waals surface area contributed by atoms with Crippen molar-refractivity contribution in [2.75, 3.05) is 13.7 Å². The number of allylic oxidation sites excluding steroid dienone is 4. The standard InChI is InChI=1S/C26H32ClNO4/c1-7-32-20-9-14(8-15(27)24(20)31-6)21-22-16(10-25(2,3)12-18(22)29)28-17-11-26(4,5)13-19(30)23(17)21/h8-9,21,28H,7,10-13H2,1-6H3. The quantitative estimate of drug-likeness (QED) is 0.626. The lowest BCUT2D eigenvalue weighted by molar-refractivity contribution is -0.119. The summed E-state index contributed by atoms with van der Waals surface area (Å²) in [6, 6.07) is 3.69. The first-order chi connectivity index (χ1) is 15.0. The van der Waals surface area contributed by atoms with Crippen LogP contribution in [0.15, 0.2) is 34.7 Å². The minimum Gasteiger partial charge on any atom is -0.491 e. The van der Waals surface area contributed by atoms with E-state index < -0.39 is 5.92 Å². The Morgan fingerprint density at radius 2 is 1.50 bits per heavy atom. The van der Waals surface area contributed by atoms with Crippen LogP contribution in [0.25, 0.3) is 0 Å². The van der Waals surface area contributed by atoms with Crippen LogP contribution in [0.4, 0.5) is 0 Å². The van der Waals surface area contributed by atoms with Crippen LogP contribution in [0, 0.1) is 10.8 Å². The number of hydrogen-bond donors (Lipinski definition) is 1. The average Bonchev–Trinajstić information content (AvgIpc) is 2.64. The molecular formula is C26H32ClNO4. The van der Waals surface area contributed by atoms with Crippen LogP contribution < -0.4 is 14.8 Å². The lowest BCUT2D eigenvalue weighted by Crippen LogP contribution is -2.42. The van der Waals surface area contributed by atoms with Crippen LogP contribution in [0.5, 0.6) is 11.5 Å². The Balaban J connectivity index is 1.95. The van der Waals surface area contributed by atoms with E-state index in [-0.39, 0.29) is 22.4 Å². The third kappa shape index (κ3) is 3.96. The molecule has 1 heterocycles. The number of dihydropyridines is 1. The molecule has 0 amide bonds. The van der Waals surface area contributed by atoms with Gasteiger partial charge in [-0.15, -0.1) is 0 Å². The zero-order valence-corrected chi connectivity index (χ0v) is 20.5. The SMILES string of the molecule is CCOc1cc(C2C3=C(CC(C)(C)CC3=O)NC3=C2C(=O)CC(C)(C)C3)cc(Cl)c1OC. The second-order valence-electron chi connectivity index (χ2n) is 10.7. The van der Waals surface area contributed by atoms with E-state index in [1.54, 1.807) is 7.11 Å². The van der Waals surface area contributed by atoms with E-state index in [1.165, 1.54) is 0 Å². The van der Waals surface area contributed by atoms with Crippen molar-refractivity contribution >= 4 is 23.2 Å². The smallest absolute Gasteiger partial charge is 0.179 e. The summed E-state index contributed by atoms with van der Waals surface area (Å²) in [4.78, 5) is 26.9. The van der Waals surface area contributed by atoms with Gasteiger partial charge < -0.3 is 14.8 Å². The molecule has 0 radical (unpaired) electrons. The summed E-state index contributed by atoms with van der Waals surface area (Å²) in [7, 11) is 1.55. The molecule has 1 N–H and O–H groups in total. The average molecular weight is 458 g/mol. The number of rotatable bonds is 4. The second kappa shape index (κ2) is 7.95. The van der Waals surface area contributed by atoms with E-state index in [1.807, 2.05) is 19.1 Å². The summed E-state index contributed by atoms with van der Waals surface area (Å²) in [5, 5.41) is 3.94. The molecule has 0 atom stereocenters. The van der Waals surface area contributed by atoms with Crippen LogP contribution in [0.1, 0.15) is 71.8 Å². The topological polar surface area (TPSA) is 64.6 Å². The number of ketones is 2. The number of nitrogens with one attached hydrogen (secondary N) is 1. The van der Waals surface area contributed by atoms with Gasteiger partial charge in [-0.1, -0.05) is 39.3 Å². The van der Waals surface area contributed by atoms with Gasteiger partial charge in [0.25, 0.3) is 0 Å². The molecule has 0 bridgehead atoms. The minimum absolute atomic E-state index is 0.0860. The van der Waals surface area contributed by atoms with E-state index >= 15 is 0 Å². The molecule has 0 aromatic heterocycles. The molecule has 1 aromatic rings. The van der Waals surface area contributed by atoms with Crippen molar-refractivity contribution in [2.24, 2.45) is 10.8 Å². The number of hydrogen-bond acceptors (Lipinski definition) is 5. The molecule has 4 rings (SSSR count). The number of carbonyl (C=O) groups is 2. The zero-order chi connectivity index (χ0) is 23.4. The van der Waals surface area contributed by atoms with Gasteiger partial charge in [-0.25, -0.2) is 0 Å². The highest BCUT2D eigenvalue weighted by Crippen LogP contribution is 2.52.